The van der Waals surface area contributed by atoms with Crippen molar-refractivity contribution in [3.05, 3.63) is 29.6 Å². The second-order valence-electron chi connectivity index (χ2n) is 7.40. The van der Waals surface area contributed by atoms with Crippen LogP contribution in [0.15, 0.2) is 18.3 Å². The van der Waals surface area contributed by atoms with Crippen LogP contribution in [0.1, 0.15) is 49.7 Å². The van der Waals surface area contributed by atoms with Crippen LogP contribution in [-0.2, 0) is 29.7 Å². The number of carbonyl (C=O) groups is 4. The van der Waals surface area contributed by atoms with Crippen LogP contribution in [0.25, 0.3) is 0 Å². The minimum Gasteiger partial charge on any atom is -0.481 e. The molecular formula is C19H23N3NaO7. The number of aromatic nitrogens is 1. The maximum Gasteiger partial charge on any atom is 0.306 e. The summed E-state index contributed by atoms with van der Waals surface area (Å²) in [5.41, 5.74) is -0.548. The summed E-state index contributed by atoms with van der Waals surface area (Å²) in [5, 5.41) is 11.4. The zero-order valence-electron chi connectivity index (χ0n) is 17.4. The molecule has 2 atom stereocenters. The fraction of sp³-hybridized carbons (Fsp3) is 0.526. The van der Waals surface area contributed by atoms with E-state index in [0.717, 1.165) is 0 Å². The molecule has 0 spiro atoms. The molecule has 0 aromatic carbocycles. The molecule has 3 heterocycles. The average molecular weight is 428 g/mol. The van der Waals surface area contributed by atoms with Gasteiger partial charge in [-0.2, -0.15) is 0 Å². The summed E-state index contributed by atoms with van der Waals surface area (Å²) in [6, 6.07) is 3.25. The molecule has 2 aliphatic heterocycles. The number of nitrogens with one attached hydrogen (secondary N) is 1. The third-order valence-electron chi connectivity index (χ3n) is 5.41. The maximum absolute atomic E-state index is 13.1. The Balaban J connectivity index is 0.00000320. The topological polar surface area (TPSA) is 135 Å². The first-order valence-corrected chi connectivity index (χ1v) is 9.28. The van der Waals surface area contributed by atoms with Crippen LogP contribution < -0.4 is 5.32 Å². The number of ether oxygens (including phenoxy) is 2. The number of fused-ring (bicyclic) bond motifs is 3. The summed E-state index contributed by atoms with van der Waals surface area (Å²) in [5.74, 6) is -4.30. The molecule has 2 unspecified atom stereocenters. The number of pyridine rings is 1. The number of hydrogen-bond acceptors (Lipinski definition) is 7. The van der Waals surface area contributed by atoms with Crippen molar-refractivity contribution in [2.45, 2.75) is 45.0 Å². The van der Waals surface area contributed by atoms with Gasteiger partial charge in [-0.3, -0.25) is 29.1 Å². The van der Waals surface area contributed by atoms with Crippen molar-refractivity contribution < 1.29 is 33.8 Å². The number of carboxylic acids is 1. The van der Waals surface area contributed by atoms with E-state index in [1.165, 1.54) is 11.1 Å². The first-order valence-electron chi connectivity index (χ1n) is 9.28. The second kappa shape index (κ2) is 9.01. The van der Waals surface area contributed by atoms with E-state index in [0.29, 0.717) is 5.56 Å². The van der Waals surface area contributed by atoms with Gasteiger partial charge in [-0.15, -0.1) is 0 Å². The molecule has 0 bridgehead atoms. The molecule has 1 aromatic rings. The van der Waals surface area contributed by atoms with Crippen LogP contribution in [0.2, 0.25) is 0 Å². The van der Waals surface area contributed by atoms with Gasteiger partial charge in [0.05, 0.1) is 25.0 Å². The molecule has 1 fully saturated rings. The van der Waals surface area contributed by atoms with Gasteiger partial charge >= 0.3 is 11.9 Å². The minimum absolute atomic E-state index is 0. The van der Waals surface area contributed by atoms with E-state index in [2.05, 4.69) is 10.3 Å². The predicted molar refractivity (Wildman–Crippen MR) is 103 cm³/mol. The van der Waals surface area contributed by atoms with E-state index < -0.39 is 23.3 Å². The van der Waals surface area contributed by atoms with Gasteiger partial charge in [0.15, 0.2) is 0 Å². The summed E-state index contributed by atoms with van der Waals surface area (Å²) in [4.78, 5) is 53.7. The Bertz CT molecular complexity index is 877. The molecule has 3 rings (SSSR count). The minimum atomic E-state index is -1.59. The van der Waals surface area contributed by atoms with Crippen LogP contribution in [0.5, 0.6) is 0 Å². The van der Waals surface area contributed by atoms with Crippen molar-refractivity contribution in [3.8, 4) is 0 Å². The smallest absolute Gasteiger partial charge is 0.306 e. The number of esters is 1. The van der Waals surface area contributed by atoms with Gasteiger partial charge in [0.2, 0.25) is 5.91 Å². The monoisotopic (exact) mass is 428 g/mol. The molecule has 10 nitrogen and oxygen atoms in total. The zero-order chi connectivity index (χ0) is 21.4. The van der Waals surface area contributed by atoms with E-state index in [9.17, 15) is 19.2 Å². The van der Waals surface area contributed by atoms with E-state index in [-0.39, 0.29) is 79.0 Å². The number of carboxylic acid groups (broad SMARTS) is 1. The number of amides is 2. The molecule has 11 heteroatoms. The molecule has 2 aliphatic rings. The number of nitrogens with zero attached hydrogens (tertiary/aromatic N) is 2. The number of hydrogen-bond donors (Lipinski definition) is 2. The van der Waals surface area contributed by atoms with Gasteiger partial charge in [-0.05, 0) is 25.0 Å². The van der Waals surface area contributed by atoms with E-state index in [1.54, 1.807) is 19.1 Å². The van der Waals surface area contributed by atoms with Crippen molar-refractivity contribution >= 4 is 53.3 Å². The molecule has 1 aromatic heterocycles. The average Bonchev–Trinajstić information content (AvgIpc) is 3.06. The molecule has 1 radical (unpaired) electrons. The van der Waals surface area contributed by atoms with Crippen LogP contribution >= 0.6 is 0 Å². The first-order chi connectivity index (χ1) is 13.6. The van der Waals surface area contributed by atoms with Crippen molar-refractivity contribution in [1.29, 1.82) is 0 Å². The second-order valence-corrected chi connectivity index (χ2v) is 7.40. The Kier molecular flexibility index (Phi) is 7.28. The van der Waals surface area contributed by atoms with Crippen LogP contribution in [0, 0.1) is 5.92 Å². The largest absolute Gasteiger partial charge is 0.481 e. The Labute approximate surface area is 195 Å². The van der Waals surface area contributed by atoms with E-state index in [1.807, 2.05) is 13.8 Å². The van der Waals surface area contributed by atoms with Crippen molar-refractivity contribution in [2.75, 3.05) is 13.2 Å². The fourth-order valence-electron chi connectivity index (χ4n) is 3.57. The Hall–Kier alpha value is -2.01. The zero-order valence-corrected chi connectivity index (χ0v) is 19.4. The first kappa shape index (κ1) is 24.3. The molecule has 157 valence electrons. The molecule has 1 saturated heterocycles. The van der Waals surface area contributed by atoms with Gasteiger partial charge in [0.1, 0.15) is 17.8 Å². The Morgan fingerprint density at radius 2 is 1.97 bits per heavy atom. The van der Waals surface area contributed by atoms with Crippen LogP contribution in [-0.4, -0.2) is 87.1 Å². The molecule has 2 N–H and O–H groups in total. The predicted octanol–water partition coefficient (Wildman–Crippen LogP) is 0.236. The molecule has 0 aliphatic carbocycles. The Morgan fingerprint density at radius 1 is 1.27 bits per heavy atom. The number of rotatable bonds is 8. The van der Waals surface area contributed by atoms with E-state index in [4.69, 9.17) is 14.6 Å². The quantitative estimate of drug-likeness (QED) is 0.341. The number of carbonyl (C=O) groups excluding carboxylic acids is 3. The standard InChI is InChI=1S/C19H23N3O7.Na/c1-11(2)18(3)17(27)21-19(29-10-9-28-14(25)7-6-13(23)24)15-12(5-4-8-20-15)16(26)22(18)19;/h4-5,8,11H,6-7,9-10H2,1-3H3,(H,21,27)(H,23,24);. The number of aliphatic carboxylic acids is 1. The van der Waals surface area contributed by atoms with Gasteiger partial charge in [-0.1, -0.05) is 13.8 Å². The van der Waals surface area contributed by atoms with Gasteiger partial charge < -0.3 is 19.9 Å². The third-order valence-corrected chi connectivity index (χ3v) is 5.41. The van der Waals surface area contributed by atoms with Gasteiger partial charge in [0.25, 0.3) is 11.8 Å². The fourth-order valence-corrected chi connectivity index (χ4v) is 3.57. The summed E-state index contributed by atoms with van der Waals surface area (Å²) in [6.07, 6.45) is 0.924. The van der Waals surface area contributed by atoms with Crippen molar-refractivity contribution in [1.82, 2.24) is 15.2 Å². The summed E-state index contributed by atoms with van der Waals surface area (Å²) in [7, 11) is 0. The van der Waals surface area contributed by atoms with Gasteiger partial charge in [-0.25, -0.2) is 0 Å². The molecule has 2 amide bonds. The third kappa shape index (κ3) is 3.84. The molecular weight excluding hydrogens is 405 g/mol. The van der Waals surface area contributed by atoms with E-state index >= 15 is 0 Å². The van der Waals surface area contributed by atoms with Crippen molar-refractivity contribution in [2.24, 2.45) is 5.92 Å². The summed E-state index contributed by atoms with van der Waals surface area (Å²) < 4.78 is 10.9. The molecule has 0 saturated carbocycles. The van der Waals surface area contributed by atoms with Gasteiger partial charge in [0, 0.05) is 35.8 Å². The SMILES string of the molecule is CC(C)C1(C)C(=O)NC2(OCCOC(=O)CCC(=O)O)c3ncccc3C(=O)N21.[Na]. The van der Waals surface area contributed by atoms with Crippen LogP contribution in [0.4, 0.5) is 0 Å². The summed E-state index contributed by atoms with van der Waals surface area (Å²) in [6.45, 7) is 5.05. The normalized spacial score (nSPS) is 24.2. The van der Waals surface area contributed by atoms with Crippen molar-refractivity contribution in [3.63, 3.8) is 0 Å². The summed E-state index contributed by atoms with van der Waals surface area (Å²) >= 11 is 0. The van der Waals surface area contributed by atoms with Crippen LogP contribution in [0.3, 0.4) is 0 Å². The Morgan fingerprint density at radius 3 is 2.60 bits per heavy atom. The maximum atomic E-state index is 13.1. The molecule has 30 heavy (non-hydrogen) atoms.